The molecule has 1 aromatic rings. The summed E-state index contributed by atoms with van der Waals surface area (Å²) in [5.41, 5.74) is 0.526. The average molecular weight is 327 g/mol. The van der Waals surface area contributed by atoms with Crippen molar-refractivity contribution in [1.82, 2.24) is 0 Å². The van der Waals surface area contributed by atoms with Gasteiger partial charge in [-0.3, -0.25) is 0 Å². The van der Waals surface area contributed by atoms with Gasteiger partial charge in [0, 0.05) is 0 Å². The van der Waals surface area contributed by atoms with Crippen LogP contribution in [0.5, 0.6) is 0 Å². The standard InChI is InChI=1S/C19H25ClF2/c1-12-2-4-13(5-3-12)14-6-8-15(9-7-14)16-10-11-17(20)19(22)18(16)21/h10-15H,2-9H2,1H3. The summed E-state index contributed by atoms with van der Waals surface area (Å²) >= 11 is 5.65. The zero-order chi connectivity index (χ0) is 15.7. The topological polar surface area (TPSA) is 0 Å². The predicted molar refractivity (Wildman–Crippen MR) is 87.2 cm³/mol. The van der Waals surface area contributed by atoms with Crippen molar-refractivity contribution in [2.75, 3.05) is 0 Å². The van der Waals surface area contributed by atoms with Crippen LogP contribution >= 0.6 is 11.6 Å². The normalized spacial score (nSPS) is 32.9. The summed E-state index contributed by atoms with van der Waals surface area (Å²) in [6.45, 7) is 2.35. The maximum absolute atomic E-state index is 14.1. The Bertz CT molecular complexity index is 512. The lowest BCUT2D eigenvalue weighted by Crippen LogP contribution is -2.25. The summed E-state index contributed by atoms with van der Waals surface area (Å²) in [5.74, 6) is 1.09. The van der Waals surface area contributed by atoms with E-state index < -0.39 is 11.6 Å². The second-order valence-electron chi connectivity index (χ2n) is 7.40. The number of rotatable bonds is 2. The van der Waals surface area contributed by atoms with Gasteiger partial charge < -0.3 is 0 Å². The highest BCUT2D eigenvalue weighted by atomic mass is 35.5. The Morgan fingerprint density at radius 1 is 0.818 bits per heavy atom. The van der Waals surface area contributed by atoms with E-state index in [2.05, 4.69) is 6.92 Å². The third-order valence-electron chi connectivity index (χ3n) is 6.00. The van der Waals surface area contributed by atoms with Gasteiger partial charge in [0.1, 0.15) is 0 Å². The molecule has 1 aromatic carbocycles. The first kappa shape index (κ1) is 16.2. The summed E-state index contributed by atoms with van der Waals surface area (Å²) in [6, 6.07) is 3.16. The van der Waals surface area contributed by atoms with E-state index in [1.807, 2.05) is 0 Å². The molecule has 0 saturated heterocycles. The molecule has 2 saturated carbocycles. The molecule has 3 rings (SSSR count). The van der Waals surface area contributed by atoms with Crippen LogP contribution in [-0.4, -0.2) is 0 Å². The quantitative estimate of drug-likeness (QED) is 0.529. The van der Waals surface area contributed by atoms with E-state index in [0.29, 0.717) is 5.56 Å². The maximum Gasteiger partial charge on any atom is 0.177 e. The molecule has 0 amide bonds. The van der Waals surface area contributed by atoms with Crippen molar-refractivity contribution in [3.8, 4) is 0 Å². The molecule has 0 atom stereocenters. The molecule has 2 fully saturated rings. The number of hydrogen-bond donors (Lipinski definition) is 0. The van der Waals surface area contributed by atoms with E-state index in [1.165, 1.54) is 31.7 Å². The number of benzene rings is 1. The molecule has 2 aliphatic rings. The van der Waals surface area contributed by atoms with E-state index in [0.717, 1.165) is 43.4 Å². The highest BCUT2D eigenvalue weighted by Gasteiger charge is 2.31. The summed E-state index contributed by atoms with van der Waals surface area (Å²) in [5, 5.41) is -0.119. The van der Waals surface area contributed by atoms with Crippen molar-refractivity contribution in [2.45, 2.75) is 64.2 Å². The highest BCUT2D eigenvalue weighted by molar-refractivity contribution is 6.30. The van der Waals surface area contributed by atoms with E-state index in [9.17, 15) is 8.78 Å². The summed E-state index contributed by atoms with van der Waals surface area (Å²) in [7, 11) is 0. The first-order valence-corrected chi connectivity index (χ1v) is 9.07. The van der Waals surface area contributed by atoms with Crippen molar-refractivity contribution in [3.05, 3.63) is 34.4 Å². The fourth-order valence-corrected chi connectivity index (χ4v) is 4.66. The molecule has 122 valence electrons. The SMILES string of the molecule is CC1CCC(C2CCC(c3ccc(Cl)c(F)c3F)CC2)CC1. The Morgan fingerprint density at radius 3 is 1.95 bits per heavy atom. The van der Waals surface area contributed by atoms with E-state index in [1.54, 1.807) is 6.07 Å². The summed E-state index contributed by atoms with van der Waals surface area (Å²) in [4.78, 5) is 0. The molecule has 0 aliphatic heterocycles. The Balaban J connectivity index is 1.61. The van der Waals surface area contributed by atoms with Crippen LogP contribution in [0.15, 0.2) is 12.1 Å². The zero-order valence-corrected chi connectivity index (χ0v) is 14.0. The molecule has 0 radical (unpaired) electrons. The Labute approximate surface area is 137 Å². The minimum absolute atomic E-state index is 0.119. The van der Waals surface area contributed by atoms with Crippen LogP contribution in [0.3, 0.4) is 0 Å². The van der Waals surface area contributed by atoms with Crippen molar-refractivity contribution in [1.29, 1.82) is 0 Å². The van der Waals surface area contributed by atoms with Gasteiger partial charge in [-0.25, -0.2) is 8.78 Å². The molecule has 0 aromatic heterocycles. The molecule has 0 unspecified atom stereocenters. The highest BCUT2D eigenvalue weighted by Crippen LogP contribution is 2.44. The molecule has 2 aliphatic carbocycles. The van der Waals surface area contributed by atoms with Crippen molar-refractivity contribution in [2.24, 2.45) is 17.8 Å². The van der Waals surface area contributed by atoms with Gasteiger partial charge in [-0.1, -0.05) is 37.4 Å². The molecule has 0 bridgehead atoms. The largest absolute Gasteiger partial charge is 0.203 e. The van der Waals surface area contributed by atoms with Gasteiger partial charge in [0.25, 0.3) is 0 Å². The molecule has 0 spiro atoms. The van der Waals surface area contributed by atoms with Gasteiger partial charge >= 0.3 is 0 Å². The molecule has 0 heterocycles. The lowest BCUT2D eigenvalue weighted by Gasteiger charge is -2.37. The fraction of sp³-hybridized carbons (Fsp3) is 0.684. The minimum atomic E-state index is -0.887. The second-order valence-corrected chi connectivity index (χ2v) is 7.80. The van der Waals surface area contributed by atoms with Crippen LogP contribution in [-0.2, 0) is 0 Å². The van der Waals surface area contributed by atoms with Gasteiger partial charge in [-0.2, -0.15) is 0 Å². The van der Waals surface area contributed by atoms with Crippen LogP contribution in [0.25, 0.3) is 0 Å². The van der Waals surface area contributed by atoms with Gasteiger partial charge in [-0.15, -0.1) is 0 Å². The molecular formula is C19H25ClF2. The van der Waals surface area contributed by atoms with E-state index in [4.69, 9.17) is 11.6 Å². The zero-order valence-electron chi connectivity index (χ0n) is 13.3. The van der Waals surface area contributed by atoms with Gasteiger partial charge in [0.2, 0.25) is 0 Å². The Hall–Kier alpha value is -0.630. The van der Waals surface area contributed by atoms with E-state index >= 15 is 0 Å². The molecule has 22 heavy (non-hydrogen) atoms. The first-order valence-electron chi connectivity index (χ1n) is 8.69. The van der Waals surface area contributed by atoms with Crippen LogP contribution in [0, 0.1) is 29.4 Å². The van der Waals surface area contributed by atoms with Crippen molar-refractivity contribution >= 4 is 11.6 Å². The first-order chi connectivity index (χ1) is 10.6. The summed E-state index contributed by atoms with van der Waals surface area (Å²) in [6.07, 6.45) is 9.73. The number of hydrogen-bond acceptors (Lipinski definition) is 0. The number of halogens is 3. The lowest BCUT2D eigenvalue weighted by atomic mass is 9.68. The van der Waals surface area contributed by atoms with Gasteiger partial charge in [0.15, 0.2) is 11.6 Å². The van der Waals surface area contributed by atoms with Gasteiger partial charge in [0.05, 0.1) is 5.02 Å². The van der Waals surface area contributed by atoms with Crippen LogP contribution in [0.4, 0.5) is 8.78 Å². The monoisotopic (exact) mass is 326 g/mol. The lowest BCUT2D eigenvalue weighted by molar-refractivity contribution is 0.164. The van der Waals surface area contributed by atoms with Crippen LogP contribution in [0.2, 0.25) is 5.02 Å². The second kappa shape index (κ2) is 6.86. The van der Waals surface area contributed by atoms with Gasteiger partial charge in [-0.05, 0) is 73.8 Å². The molecule has 0 N–H and O–H groups in total. The third kappa shape index (κ3) is 3.32. The third-order valence-corrected chi connectivity index (χ3v) is 6.30. The molecule has 3 heteroatoms. The van der Waals surface area contributed by atoms with E-state index in [-0.39, 0.29) is 10.9 Å². The molecular weight excluding hydrogens is 302 g/mol. The smallest absolute Gasteiger partial charge is 0.177 e. The average Bonchev–Trinajstić information content (AvgIpc) is 2.54. The fourth-order valence-electron chi connectivity index (χ4n) is 4.52. The van der Waals surface area contributed by atoms with Crippen molar-refractivity contribution < 1.29 is 8.78 Å². The Morgan fingerprint density at radius 2 is 1.36 bits per heavy atom. The predicted octanol–water partition coefficient (Wildman–Crippen LogP) is 6.72. The van der Waals surface area contributed by atoms with Crippen LogP contribution in [0.1, 0.15) is 69.8 Å². The maximum atomic E-state index is 14.1. The van der Waals surface area contributed by atoms with Crippen LogP contribution < -0.4 is 0 Å². The minimum Gasteiger partial charge on any atom is -0.203 e. The summed E-state index contributed by atoms with van der Waals surface area (Å²) < 4.78 is 27.7. The van der Waals surface area contributed by atoms with Crippen molar-refractivity contribution in [3.63, 3.8) is 0 Å². The Kier molecular flexibility index (Phi) is 5.07. The molecule has 0 nitrogen and oxygen atoms in total.